The van der Waals surface area contributed by atoms with Gasteiger partial charge in [0.1, 0.15) is 11.0 Å². The van der Waals surface area contributed by atoms with E-state index in [0.29, 0.717) is 0 Å². The van der Waals surface area contributed by atoms with Crippen molar-refractivity contribution in [2.45, 2.75) is 26.8 Å². The molecule has 1 amide bonds. The van der Waals surface area contributed by atoms with E-state index in [0.717, 1.165) is 29.0 Å². The molecule has 1 aromatic carbocycles. The van der Waals surface area contributed by atoms with Crippen LogP contribution in [0.5, 0.6) is 0 Å². The molecule has 3 nitrogen and oxygen atoms in total. The standard InChI is InChI=1S/C16H16ClFN2O/c1-9-4-5-13(10(2)6-9)11(3)20-16(21)14-7-12(18)8-19-15(14)17/h4-8,11H,1-3H3,(H,20,21). The number of aromatic nitrogens is 1. The molecule has 1 N–H and O–H groups in total. The number of nitrogens with one attached hydrogen (secondary N) is 1. The van der Waals surface area contributed by atoms with Gasteiger partial charge in [0.25, 0.3) is 5.91 Å². The fourth-order valence-electron chi connectivity index (χ4n) is 2.25. The smallest absolute Gasteiger partial charge is 0.254 e. The second-order valence-electron chi connectivity index (χ2n) is 5.05. The summed E-state index contributed by atoms with van der Waals surface area (Å²) in [6, 6.07) is 6.88. The average molecular weight is 307 g/mol. The molecule has 1 unspecified atom stereocenters. The number of rotatable bonds is 3. The van der Waals surface area contributed by atoms with Gasteiger partial charge in [-0.05, 0) is 38.0 Å². The van der Waals surface area contributed by atoms with Crippen molar-refractivity contribution in [1.82, 2.24) is 10.3 Å². The van der Waals surface area contributed by atoms with Crippen LogP contribution in [0.1, 0.15) is 40.0 Å². The highest BCUT2D eigenvalue weighted by Crippen LogP contribution is 2.20. The highest BCUT2D eigenvalue weighted by Gasteiger charge is 2.17. The Morgan fingerprint density at radius 1 is 1.33 bits per heavy atom. The SMILES string of the molecule is Cc1ccc(C(C)NC(=O)c2cc(F)cnc2Cl)c(C)c1. The minimum atomic E-state index is -0.594. The fraction of sp³-hybridized carbons (Fsp3) is 0.250. The molecule has 5 heteroatoms. The van der Waals surface area contributed by atoms with E-state index in [1.807, 2.05) is 32.9 Å². The predicted octanol–water partition coefficient (Wildman–Crippen LogP) is 3.98. The largest absolute Gasteiger partial charge is 0.345 e. The topological polar surface area (TPSA) is 42.0 Å². The number of hydrogen-bond acceptors (Lipinski definition) is 2. The third-order valence-corrected chi connectivity index (χ3v) is 3.59. The Morgan fingerprint density at radius 2 is 2.05 bits per heavy atom. The minimum Gasteiger partial charge on any atom is -0.345 e. The number of benzene rings is 1. The van der Waals surface area contributed by atoms with Gasteiger partial charge in [-0.25, -0.2) is 9.37 Å². The van der Waals surface area contributed by atoms with Crippen molar-refractivity contribution in [3.05, 3.63) is 63.7 Å². The second-order valence-corrected chi connectivity index (χ2v) is 5.41. The van der Waals surface area contributed by atoms with Crippen molar-refractivity contribution in [1.29, 1.82) is 0 Å². The molecule has 0 aliphatic heterocycles. The second kappa shape index (κ2) is 6.22. The molecule has 0 bridgehead atoms. The Kier molecular flexibility index (Phi) is 4.58. The van der Waals surface area contributed by atoms with Crippen LogP contribution in [-0.2, 0) is 0 Å². The van der Waals surface area contributed by atoms with Crippen molar-refractivity contribution in [3.8, 4) is 0 Å². The first-order valence-corrected chi connectivity index (χ1v) is 6.95. The van der Waals surface area contributed by atoms with Crippen LogP contribution in [-0.4, -0.2) is 10.9 Å². The van der Waals surface area contributed by atoms with E-state index in [2.05, 4.69) is 16.4 Å². The van der Waals surface area contributed by atoms with Gasteiger partial charge in [-0.3, -0.25) is 4.79 Å². The maximum atomic E-state index is 13.2. The van der Waals surface area contributed by atoms with E-state index in [9.17, 15) is 9.18 Å². The Labute approximate surface area is 128 Å². The van der Waals surface area contributed by atoms with Gasteiger partial charge >= 0.3 is 0 Å². The van der Waals surface area contributed by atoms with Crippen molar-refractivity contribution >= 4 is 17.5 Å². The van der Waals surface area contributed by atoms with E-state index < -0.39 is 11.7 Å². The van der Waals surface area contributed by atoms with E-state index in [-0.39, 0.29) is 16.8 Å². The lowest BCUT2D eigenvalue weighted by atomic mass is 10.00. The molecule has 1 atom stereocenters. The molecular weight excluding hydrogens is 291 g/mol. The van der Waals surface area contributed by atoms with E-state index in [4.69, 9.17) is 11.6 Å². The van der Waals surface area contributed by atoms with Gasteiger partial charge in [0, 0.05) is 0 Å². The van der Waals surface area contributed by atoms with Crippen LogP contribution in [0.4, 0.5) is 4.39 Å². The monoisotopic (exact) mass is 306 g/mol. The lowest BCUT2D eigenvalue weighted by Gasteiger charge is -2.17. The summed E-state index contributed by atoms with van der Waals surface area (Å²) in [5.41, 5.74) is 3.29. The minimum absolute atomic E-state index is 0.0123. The quantitative estimate of drug-likeness (QED) is 0.871. The molecule has 0 fully saturated rings. The molecule has 0 spiro atoms. The molecule has 2 aromatic rings. The maximum Gasteiger partial charge on any atom is 0.254 e. The molecule has 21 heavy (non-hydrogen) atoms. The zero-order valence-corrected chi connectivity index (χ0v) is 12.8. The predicted molar refractivity (Wildman–Crippen MR) is 81.0 cm³/mol. The number of halogens is 2. The van der Waals surface area contributed by atoms with Gasteiger partial charge in [-0.1, -0.05) is 35.4 Å². The first-order chi connectivity index (χ1) is 9.88. The summed E-state index contributed by atoms with van der Waals surface area (Å²) in [4.78, 5) is 15.8. The van der Waals surface area contributed by atoms with Gasteiger partial charge in [-0.2, -0.15) is 0 Å². The van der Waals surface area contributed by atoms with Gasteiger partial charge in [0.05, 0.1) is 17.8 Å². The van der Waals surface area contributed by atoms with Crippen molar-refractivity contribution < 1.29 is 9.18 Å². The Hall–Kier alpha value is -1.94. The molecule has 0 radical (unpaired) electrons. The zero-order valence-electron chi connectivity index (χ0n) is 12.1. The summed E-state index contributed by atoms with van der Waals surface area (Å²) >= 11 is 5.83. The molecule has 0 saturated heterocycles. The first-order valence-electron chi connectivity index (χ1n) is 6.57. The Balaban J connectivity index is 2.20. The number of carbonyl (C=O) groups is 1. The maximum absolute atomic E-state index is 13.2. The van der Waals surface area contributed by atoms with Crippen LogP contribution in [0.25, 0.3) is 0 Å². The summed E-state index contributed by atoms with van der Waals surface area (Å²) in [7, 11) is 0. The molecular formula is C16H16ClFN2O. The zero-order chi connectivity index (χ0) is 15.6. The molecule has 2 rings (SSSR count). The summed E-state index contributed by atoms with van der Waals surface area (Å²) in [6.07, 6.45) is 0.979. The van der Waals surface area contributed by atoms with Crippen LogP contribution in [0.15, 0.2) is 30.5 Å². The third-order valence-electron chi connectivity index (χ3n) is 3.29. The van der Waals surface area contributed by atoms with E-state index >= 15 is 0 Å². The Morgan fingerprint density at radius 3 is 2.71 bits per heavy atom. The van der Waals surface area contributed by atoms with E-state index in [1.165, 1.54) is 0 Å². The van der Waals surface area contributed by atoms with Crippen molar-refractivity contribution in [2.24, 2.45) is 0 Å². The summed E-state index contributed by atoms with van der Waals surface area (Å²) in [5, 5.41) is 2.80. The van der Waals surface area contributed by atoms with Crippen molar-refractivity contribution in [3.63, 3.8) is 0 Å². The van der Waals surface area contributed by atoms with Gasteiger partial charge < -0.3 is 5.32 Å². The van der Waals surface area contributed by atoms with Crippen molar-refractivity contribution in [2.75, 3.05) is 0 Å². The van der Waals surface area contributed by atoms with Crippen LogP contribution in [0.2, 0.25) is 5.15 Å². The number of hydrogen-bond donors (Lipinski definition) is 1. The molecule has 0 aliphatic carbocycles. The lowest BCUT2D eigenvalue weighted by molar-refractivity contribution is 0.0939. The number of carbonyl (C=O) groups excluding carboxylic acids is 1. The number of amides is 1. The molecule has 1 heterocycles. The lowest BCUT2D eigenvalue weighted by Crippen LogP contribution is -2.27. The highest BCUT2D eigenvalue weighted by molar-refractivity contribution is 6.32. The molecule has 0 saturated carbocycles. The highest BCUT2D eigenvalue weighted by atomic mass is 35.5. The summed E-state index contributed by atoms with van der Waals surface area (Å²) in [6.45, 7) is 5.87. The van der Waals surface area contributed by atoms with Gasteiger partial charge in [0.2, 0.25) is 0 Å². The Bertz CT molecular complexity index is 688. The molecule has 110 valence electrons. The summed E-state index contributed by atoms with van der Waals surface area (Å²) in [5.74, 6) is -1.04. The van der Waals surface area contributed by atoms with Crippen LogP contribution >= 0.6 is 11.6 Å². The average Bonchev–Trinajstić information content (AvgIpc) is 2.41. The molecule has 0 aliphatic rings. The normalized spacial score (nSPS) is 12.0. The van der Waals surface area contributed by atoms with Crippen LogP contribution in [0, 0.1) is 19.7 Å². The molecule has 1 aromatic heterocycles. The third kappa shape index (κ3) is 3.58. The number of nitrogens with zero attached hydrogens (tertiary/aromatic N) is 1. The fourth-order valence-corrected chi connectivity index (χ4v) is 2.43. The van der Waals surface area contributed by atoms with Crippen LogP contribution in [0.3, 0.4) is 0 Å². The van der Waals surface area contributed by atoms with Crippen LogP contribution < -0.4 is 5.32 Å². The number of aryl methyl sites for hydroxylation is 2. The van der Waals surface area contributed by atoms with Gasteiger partial charge in [-0.15, -0.1) is 0 Å². The van der Waals surface area contributed by atoms with Gasteiger partial charge in [0.15, 0.2) is 0 Å². The number of pyridine rings is 1. The van der Waals surface area contributed by atoms with E-state index in [1.54, 1.807) is 0 Å². The summed E-state index contributed by atoms with van der Waals surface area (Å²) < 4.78 is 13.2. The first kappa shape index (κ1) is 15.4.